The first-order valence-corrected chi connectivity index (χ1v) is 9.94. The Morgan fingerprint density at radius 3 is 2.10 bits per heavy atom. The van der Waals surface area contributed by atoms with Crippen molar-refractivity contribution in [2.45, 2.75) is 51.9 Å². The van der Waals surface area contributed by atoms with Crippen LogP contribution in [-0.4, -0.2) is 38.9 Å². The van der Waals surface area contributed by atoms with Gasteiger partial charge in [-0.15, -0.1) is 0 Å². The fraction of sp³-hybridized carbons (Fsp3) is 1.00. The van der Waals surface area contributed by atoms with E-state index in [1.807, 2.05) is 0 Å². The summed E-state index contributed by atoms with van der Waals surface area (Å²) < 4.78 is 29.1. The number of nitrogens with two attached hydrogens (primary N) is 1. The summed E-state index contributed by atoms with van der Waals surface area (Å²) in [4.78, 5) is 0. The standard InChI is InChI=1S/C15H31N3O2S/c1-2-13-3-5-15(6-4-13)12-17-21(19,20)18-9-7-14(11-16)8-10-18/h13-15,17H,2-12,16H2,1H3. The van der Waals surface area contributed by atoms with Crippen molar-refractivity contribution in [2.24, 2.45) is 23.5 Å². The summed E-state index contributed by atoms with van der Waals surface area (Å²) in [6.45, 7) is 4.75. The Morgan fingerprint density at radius 1 is 1.00 bits per heavy atom. The summed E-state index contributed by atoms with van der Waals surface area (Å²) in [5.74, 6) is 1.86. The minimum absolute atomic E-state index is 0.487. The van der Waals surface area contributed by atoms with Crippen molar-refractivity contribution >= 4 is 10.2 Å². The van der Waals surface area contributed by atoms with Gasteiger partial charge in [-0.1, -0.05) is 26.2 Å². The molecule has 0 spiro atoms. The van der Waals surface area contributed by atoms with Crippen LogP contribution in [0, 0.1) is 17.8 Å². The van der Waals surface area contributed by atoms with Crippen molar-refractivity contribution in [1.29, 1.82) is 0 Å². The normalized spacial score (nSPS) is 29.6. The molecule has 0 atom stereocenters. The van der Waals surface area contributed by atoms with E-state index >= 15 is 0 Å². The first-order valence-electron chi connectivity index (χ1n) is 8.50. The van der Waals surface area contributed by atoms with Crippen LogP contribution in [0.3, 0.4) is 0 Å². The second-order valence-corrected chi connectivity index (χ2v) is 8.48. The number of hydrogen-bond donors (Lipinski definition) is 2. The summed E-state index contributed by atoms with van der Waals surface area (Å²) in [6.07, 6.45) is 7.87. The quantitative estimate of drug-likeness (QED) is 0.783. The lowest BCUT2D eigenvalue weighted by atomic mass is 9.81. The van der Waals surface area contributed by atoms with Crippen LogP contribution in [0.4, 0.5) is 0 Å². The lowest BCUT2D eigenvalue weighted by Crippen LogP contribution is -2.47. The largest absolute Gasteiger partial charge is 0.330 e. The van der Waals surface area contributed by atoms with Gasteiger partial charge in [-0.25, -0.2) is 4.72 Å². The molecule has 0 amide bonds. The van der Waals surface area contributed by atoms with Crippen LogP contribution >= 0.6 is 0 Å². The molecule has 5 nitrogen and oxygen atoms in total. The van der Waals surface area contributed by atoms with E-state index in [4.69, 9.17) is 5.73 Å². The van der Waals surface area contributed by atoms with Crippen molar-refractivity contribution in [3.05, 3.63) is 0 Å². The van der Waals surface area contributed by atoms with Crippen LogP contribution in [0.1, 0.15) is 51.9 Å². The second kappa shape index (κ2) is 7.90. The number of rotatable bonds is 6. The Morgan fingerprint density at radius 2 is 1.57 bits per heavy atom. The topological polar surface area (TPSA) is 75.4 Å². The minimum atomic E-state index is -3.29. The smallest absolute Gasteiger partial charge is 0.279 e. The van der Waals surface area contributed by atoms with Crippen molar-refractivity contribution in [3.8, 4) is 0 Å². The molecule has 2 fully saturated rings. The first-order chi connectivity index (χ1) is 10.0. The third-order valence-corrected chi connectivity index (χ3v) is 6.92. The molecule has 1 saturated carbocycles. The van der Waals surface area contributed by atoms with Crippen molar-refractivity contribution < 1.29 is 8.42 Å². The molecule has 124 valence electrons. The average molecular weight is 317 g/mol. The van der Waals surface area contributed by atoms with E-state index in [1.165, 1.54) is 19.3 Å². The number of piperidine rings is 1. The Labute approximate surface area is 129 Å². The van der Waals surface area contributed by atoms with Gasteiger partial charge in [-0.05, 0) is 50.0 Å². The SMILES string of the molecule is CCC1CCC(CNS(=O)(=O)N2CCC(CN)CC2)CC1. The Bertz CT molecular complexity index is 397. The van der Waals surface area contributed by atoms with Crippen LogP contribution in [0.15, 0.2) is 0 Å². The molecule has 2 aliphatic rings. The van der Waals surface area contributed by atoms with Crippen LogP contribution in [0.2, 0.25) is 0 Å². The van der Waals surface area contributed by atoms with Gasteiger partial charge in [0.05, 0.1) is 0 Å². The summed E-state index contributed by atoms with van der Waals surface area (Å²) in [7, 11) is -3.29. The van der Waals surface area contributed by atoms with Gasteiger partial charge in [-0.2, -0.15) is 12.7 Å². The lowest BCUT2D eigenvalue weighted by molar-refractivity contribution is 0.260. The molecule has 0 bridgehead atoms. The highest BCUT2D eigenvalue weighted by atomic mass is 32.2. The maximum atomic E-state index is 12.3. The van der Waals surface area contributed by atoms with Gasteiger partial charge in [0.15, 0.2) is 0 Å². The molecule has 3 N–H and O–H groups in total. The molecule has 0 unspecified atom stereocenters. The molecule has 6 heteroatoms. The average Bonchev–Trinajstić information content (AvgIpc) is 2.53. The van der Waals surface area contributed by atoms with E-state index in [2.05, 4.69) is 11.6 Å². The van der Waals surface area contributed by atoms with Gasteiger partial charge >= 0.3 is 0 Å². The summed E-state index contributed by atoms with van der Waals surface area (Å²) in [6, 6.07) is 0. The molecule has 1 heterocycles. The van der Waals surface area contributed by atoms with E-state index in [0.29, 0.717) is 38.0 Å². The van der Waals surface area contributed by atoms with Crippen LogP contribution in [0.5, 0.6) is 0 Å². The molecule has 1 saturated heterocycles. The van der Waals surface area contributed by atoms with Gasteiger partial charge in [0.1, 0.15) is 0 Å². The van der Waals surface area contributed by atoms with E-state index < -0.39 is 10.2 Å². The van der Waals surface area contributed by atoms with Crippen LogP contribution < -0.4 is 10.5 Å². The monoisotopic (exact) mass is 317 g/mol. The maximum absolute atomic E-state index is 12.3. The van der Waals surface area contributed by atoms with Gasteiger partial charge < -0.3 is 5.73 Å². The molecular weight excluding hydrogens is 286 g/mol. The highest BCUT2D eigenvalue weighted by molar-refractivity contribution is 7.87. The fourth-order valence-electron chi connectivity index (χ4n) is 3.54. The number of hydrogen-bond acceptors (Lipinski definition) is 3. The van der Waals surface area contributed by atoms with Crippen LogP contribution in [0.25, 0.3) is 0 Å². The first kappa shape index (κ1) is 17.2. The van der Waals surface area contributed by atoms with E-state index in [-0.39, 0.29) is 0 Å². The van der Waals surface area contributed by atoms with Gasteiger partial charge in [0.25, 0.3) is 10.2 Å². The third kappa shape index (κ3) is 4.91. The van der Waals surface area contributed by atoms with E-state index in [1.54, 1.807) is 4.31 Å². The number of nitrogens with one attached hydrogen (secondary N) is 1. The van der Waals surface area contributed by atoms with Crippen molar-refractivity contribution in [2.75, 3.05) is 26.2 Å². The highest BCUT2D eigenvalue weighted by Gasteiger charge is 2.28. The molecule has 1 aliphatic carbocycles. The van der Waals surface area contributed by atoms with E-state index in [9.17, 15) is 8.42 Å². The highest BCUT2D eigenvalue weighted by Crippen LogP contribution is 2.30. The third-order valence-electron chi connectivity index (χ3n) is 5.34. The van der Waals surface area contributed by atoms with Crippen molar-refractivity contribution in [1.82, 2.24) is 9.03 Å². The van der Waals surface area contributed by atoms with Crippen LogP contribution in [-0.2, 0) is 10.2 Å². The van der Waals surface area contributed by atoms with Crippen molar-refractivity contribution in [3.63, 3.8) is 0 Å². The summed E-state index contributed by atoms with van der Waals surface area (Å²) in [5.41, 5.74) is 5.65. The van der Waals surface area contributed by atoms with Gasteiger partial charge in [0.2, 0.25) is 0 Å². The molecule has 0 aromatic rings. The zero-order valence-corrected chi connectivity index (χ0v) is 14.1. The predicted molar refractivity (Wildman–Crippen MR) is 86.0 cm³/mol. The van der Waals surface area contributed by atoms with Gasteiger partial charge in [0, 0.05) is 19.6 Å². The Hall–Kier alpha value is -0.170. The molecule has 0 aromatic carbocycles. The maximum Gasteiger partial charge on any atom is 0.279 e. The summed E-state index contributed by atoms with van der Waals surface area (Å²) in [5, 5.41) is 0. The Kier molecular flexibility index (Phi) is 6.47. The van der Waals surface area contributed by atoms with Gasteiger partial charge in [-0.3, -0.25) is 0 Å². The molecule has 0 aromatic heterocycles. The molecule has 1 aliphatic heterocycles. The second-order valence-electron chi connectivity index (χ2n) is 6.73. The molecule has 2 rings (SSSR count). The molecule has 0 radical (unpaired) electrons. The Balaban J connectivity index is 1.74. The zero-order chi connectivity index (χ0) is 15.3. The van der Waals surface area contributed by atoms with E-state index in [0.717, 1.165) is 31.6 Å². The molecule has 21 heavy (non-hydrogen) atoms. The lowest BCUT2D eigenvalue weighted by Gasteiger charge is -2.32. The number of nitrogens with zero attached hydrogens (tertiary/aromatic N) is 1. The minimum Gasteiger partial charge on any atom is -0.330 e. The molecular formula is C15H31N3O2S. The predicted octanol–water partition coefficient (Wildman–Crippen LogP) is 1.71. The summed E-state index contributed by atoms with van der Waals surface area (Å²) >= 11 is 0. The zero-order valence-electron chi connectivity index (χ0n) is 13.3. The fourth-order valence-corrected chi connectivity index (χ4v) is 4.86.